The molecule has 0 saturated heterocycles. The maximum atomic E-state index is 5.14. The molecule has 0 aliphatic heterocycles. The van der Waals surface area contributed by atoms with Gasteiger partial charge in [0.05, 0.1) is 11.4 Å². The van der Waals surface area contributed by atoms with E-state index in [1.54, 1.807) is 0 Å². The van der Waals surface area contributed by atoms with E-state index in [0.717, 1.165) is 24.2 Å². The summed E-state index contributed by atoms with van der Waals surface area (Å²) in [6.45, 7) is 10.8. The Hall–Kier alpha value is -2.22. The number of aryl methyl sites for hydroxylation is 4. The number of hydrogen-bond acceptors (Lipinski definition) is 2. The van der Waals surface area contributed by atoms with Gasteiger partial charge in [0.2, 0.25) is 0 Å². The number of rotatable bonds is 3. The quantitative estimate of drug-likeness (QED) is 0.536. The molecule has 1 fully saturated rings. The monoisotopic (exact) mass is 346 g/mol. The number of aliphatic imine (C=N–C) groups is 2. The highest BCUT2D eigenvalue weighted by atomic mass is 14.8. The van der Waals surface area contributed by atoms with E-state index >= 15 is 0 Å². The summed E-state index contributed by atoms with van der Waals surface area (Å²) in [5, 5.41) is 0. The predicted molar refractivity (Wildman–Crippen MR) is 114 cm³/mol. The van der Waals surface area contributed by atoms with Crippen LogP contribution in [-0.2, 0) is 0 Å². The average Bonchev–Trinajstić information content (AvgIpc) is 2.62. The fourth-order valence-corrected chi connectivity index (χ4v) is 3.94. The van der Waals surface area contributed by atoms with Gasteiger partial charge in [-0.3, -0.25) is 9.98 Å². The zero-order chi connectivity index (χ0) is 18.7. The summed E-state index contributed by atoms with van der Waals surface area (Å²) in [6, 6.07) is 12.8. The predicted octanol–water partition coefficient (Wildman–Crippen LogP) is 6.98. The lowest BCUT2D eigenvalue weighted by atomic mass is 9.84. The molecule has 1 aliphatic rings. The van der Waals surface area contributed by atoms with Gasteiger partial charge in [0.1, 0.15) is 0 Å². The molecule has 1 unspecified atom stereocenters. The first kappa shape index (κ1) is 18.6. The third kappa shape index (κ3) is 3.95. The Bertz CT molecular complexity index is 818. The Balaban J connectivity index is 1.99. The van der Waals surface area contributed by atoms with Crippen LogP contribution < -0.4 is 0 Å². The summed E-state index contributed by atoms with van der Waals surface area (Å²) in [7, 11) is 0. The van der Waals surface area contributed by atoms with E-state index in [-0.39, 0.29) is 0 Å². The molecule has 0 bridgehead atoms. The zero-order valence-electron chi connectivity index (χ0n) is 16.8. The molecule has 1 aliphatic carbocycles. The standard InChI is InChI=1S/C24H30N2/c1-16-10-8-11-17(2)23(16)25-20(5)21-14-6-7-15-22(21)26-24-18(3)12-9-13-19(24)4/h8-13,21H,6-7,14-15H2,1-5H3/b25-20+,26-22+. The van der Waals surface area contributed by atoms with Crippen LogP contribution in [0.15, 0.2) is 46.4 Å². The lowest BCUT2D eigenvalue weighted by Gasteiger charge is -2.25. The maximum absolute atomic E-state index is 5.14. The second kappa shape index (κ2) is 7.99. The molecule has 0 spiro atoms. The van der Waals surface area contributed by atoms with Crippen LogP contribution in [0.3, 0.4) is 0 Å². The van der Waals surface area contributed by atoms with Crippen molar-refractivity contribution in [1.82, 2.24) is 0 Å². The van der Waals surface area contributed by atoms with E-state index in [0.29, 0.717) is 5.92 Å². The minimum absolute atomic E-state index is 0.363. The van der Waals surface area contributed by atoms with Crippen LogP contribution in [0.25, 0.3) is 0 Å². The molecule has 1 saturated carbocycles. The van der Waals surface area contributed by atoms with Gasteiger partial charge in [0, 0.05) is 17.3 Å². The molecule has 2 nitrogen and oxygen atoms in total. The first-order valence-electron chi connectivity index (χ1n) is 9.72. The lowest BCUT2D eigenvalue weighted by molar-refractivity contribution is 0.611. The lowest BCUT2D eigenvalue weighted by Crippen LogP contribution is -2.25. The highest BCUT2D eigenvalue weighted by molar-refractivity contribution is 6.08. The fourth-order valence-electron chi connectivity index (χ4n) is 3.94. The molecule has 2 aromatic carbocycles. The van der Waals surface area contributed by atoms with Gasteiger partial charge < -0.3 is 0 Å². The third-order valence-electron chi connectivity index (χ3n) is 5.50. The van der Waals surface area contributed by atoms with Gasteiger partial charge in [-0.05, 0) is 76.1 Å². The fraction of sp³-hybridized carbons (Fsp3) is 0.417. The van der Waals surface area contributed by atoms with Crippen molar-refractivity contribution in [3.8, 4) is 0 Å². The van der Waals surface area contributed by atoms with Crippen LogP contribution in [-0.4, -0.2) is 11.4 Å². The smallest absolute Gasteiger partial charge is 0.0687 e. The van der Waals surface area contributed by atoms with Crippen LogP contribution in [0.4, 0.5) is 11.4 Å². The molecule has 3 rings (SSSR count). The molecule has 0 heterocycles. The van der Waals surface area contributed by atoms with Crippen LogP contribution in [0, 0.1) is 33.6 Å². The Labute approximate surface area is 158 Å². The first-order valence-corrected chi connectivity index (χ1v) is 9.72. The highest BCUT2D eigenvalue weighted by Gasteiger charge is 2.24. The van der Waals surface area contributed by atoms with E-state index in [1.165, 1.54) is 46.5 Å². The van der Waals surface area contributed by atoms with Crippen molar-refractivity contribution in [2.75, 3.05) is 0 Å². The van der Waals surface area contributed by atoms with Crippen molar-refractivity contribution < 1.29 is 0 Å². The van der Waals surface area contributed by atoms with Crippen LogP contribution in [0.5, 0.6) is 0 Å². The van der Waals surface area contributed by atoms with Gasteiger partial charge in [-0.15, -0.1) is 0 Å². The summed E-state index contributed by atoms with van der Waals surface area (Å²) < 4.78 is 0. The van der Waals surface area contributed by atoms with Gasteiger partial charge in [-0.1, -0.05) is 42.8 Å². The molecule has 26 heavy (non-hydrogen) atoms. The van der Waals surface area contributed by atoms with Gasteiger partial charge in [-0.2, -0.15) is 0 Å². The van der Waals surface area contributed by atoms with Crippen molar-refractivity contribution >= 4 is 22.8 Å². The van der Waals surface area contributed by atoms with Gasteiger partial charge >= 0.3 is 0 Å². The molecule has 0 N–H and O–H groups in total. The van der Waals surface area contributed by atoms with E-state index < -0.39 is 0 Å². The molecular formula is C24H30N2. The molecule has 2 heteroatoms. The van der Waals surface area contributed by atoms with Crippen LogP contribution >= 0.6 is 0 Å². The third-order valence-corrected chi connectivity index (χ3v) is 5.50. The van der Waals surface area contributed by atoms with Crippen molar-refractivity contribution in [1.29, 1.82) is 0 Å². The van der Waals surface area contributed by atoms with E-state index in [1.807, 2.05) is 0 Å². The van der Waals surface area contributed by atoms with E-state index in [9.17, 15) is 0 Å². The SMILES string of the molecule is C/C(=N\c1c(C)cccc1C)C1CCCC/C1=N\c1c(C)cccc1C. The summed E-state index contributed by atoms with van der Waals surface area (Å²) in [5.41, 5.74) is 9.78. The van der Waals surface area contributed by atoms with Gasteiger partial charge in [0.25, 0.3) is 0 Å². The van der Waals surface area contributed by atoms with Crippen molar-refractivity contribution in [3.63, 3.8) is 0 Å². The maximum Gasteiger partial charge on any atom is 0.0687 e. The molecule has 0 radical (unpaired) electrons. The topological polar surface area (TPSA) is 24.7 Å². The first-order chi connectivity index (χ1) is 12.5. The van der Waals surface area contributed by atoms with Crippen molar-refractivity contribution in [3.05, 3.63) is 58.7 Å². The second-order valence-electron chi connectivity index (χ2n) is 7.64. The van der Waals surface area contributed by atoms with Gasteiger partial charge in [0.15, 0.2) is 0 Å². The highest BCUT2D eigenvalue weighted by Crippen LogP contribution is 2.31. The second-order valence-corrected chi connectivity index (χ2v) is 7.64. The average molecular weight is 347 g/mol. The normalized spacial score (nSPS) is 19.8. The number of nitrogens with zero attached hydrogens (tertiary/aromatic N) is 2. The number of para-hydroxylation sites is 2. The van der Waals surface area contributed by atoms with Crippen LogP contribution in [0.2, 0.25) is 0 Å². The molecular weight excluding hydrogens is 316 g/mol. The minimum Gasteiger partial charge on any atom is -0.257 e. The minimum atomic E-state index is 0.363. The van der Waals surface area contributed by atoms with Crippen molar-refractivity contribution in [2.45, 2.75) is 60.3 Å². The molecule has 136 valence electrons. The summed E-state index contributed by atoms with van der Waals surface area (Å²) in [5.74, 6) is 0.363. The Morgan fingerprint density at radius 2 is 1.35 bits per heavy atom. The summed E-state index contributed by atoms with van der Waals surface area (Å²) >= 11 is 0. The van der Waals surface area contributed by atoms with Crippen LogP contribution in [0.1, 0.15) is 54.9 Å². The number of hydrogen-bond donors (Lipinski definition) is 0. The largest absolute Gasteiger partial charge is 0.257 e. The number of benzene rings is 2. The van der Waals surface area contributed by atoms with E-state index in [4.69, 9.17) is 9.98 Å². The molecule has 1 atom stereocenters. The molecule has 2 aromatic rings. The summed E-state index contributed by atoms with van der Waals surface area (Å²) in [6.07, 6.45) is 4.73. The Morgan fingerprint density at radius 3 is 1.92 bits per heavy atom. The van der Waals surface area contributed by atoms with Crippen molar-refractivity contribution in [2.24, 2.45) is 15.9 Å². The zero-order valence-corrected chi connectivity index (χ0v) is 16.8. The Kier molecular flexibility index (Phi) is 5.70. The molecule has 0 amide bonds. The molecule has 0 aromatic heterocycles. The Morgan fingerprint density at radius 1 is 0.808 bits per heavy atom. The summed E-state index contributed by atoms with van der Waals surface area (Å²) in [4.78, 5) is 10.2. The van der Waals surface area contributed by atoms with E-state index in [2.05, 4.69) is 71.0 Å². The van der Waals surface area contributed by atoms with Gasteiger partial charge in [-0.25, -0.2) is 0 Å².